The molecule has 0 bridgehead atoms. The lowest BCUT2D eigenvalue weighted by Gasteiger charge is -2.24. The number of carboxylic acid groups (broad SMARTS) is 1. The van der Waals surface area contributed by atoms with Gasteiger partial charge in [-0.3, -0.25) is 9.59 Å². The Bertz CT molecular complexity index is 422. The van der Waals surface area contributed by atoms with Crippen molar-refractivity contribution >= 4 is 39.1 Å². The zero-order chi connectivity index (χ0) is 13.2. The Labute approximate surface area is 112 Å². The predicted octanol–water partition coefficient (Wildman–Crippen LogP) is 2.75. The lowest BCUT2D eigenvalue weighted by atomic mass is 10.2. The van der Waals surface area contributed by atoms with Crippen LogP contribution in [0.5, 0.6) is 0 Å². The van der Waals surface area contributed by atoms with Crippen LogP contribution < -0.4 is 0 Å². The second kappa shape index (κ2) is 5.64. The summed E-state index contributed by atoms with van der Waals surface area (Å²) in [5, 5.41) is 8.79. The standard InChI is InChI=1S/C11H14BrNO3S/c1-6(2)13(5-9(14)15)11(16)8-4-7(3)10(12)17-8/h4,6H,5H2,1-3H3,(H,14,15). The van der Waals surface area contributed by atoms with E-state index in [1.807, 2.05) is 6.92 Å². The van der Waals surface area contributed by atoms with Gasteiger partial charge in [0.15, 0.2) is 0 Å². The molecule has 0 atom stereocenters. The van der Waals surface area contributed by atoms with Gasteiger partial charge in [-0.05, 0) is 48.3 Å². The number of carboxylic acids is 1. The second-order valence-corrected chi connectivity index (χ2v) is 6.36. The summed E-state index contributed by atoms with van der Waals surface area (Å²) in [6.07, 6.45) is 0. The number of amides is 1. The van der Waals surface area contributed by atoms with E-state index in [0.29, 0.717) is 4.88 Å². The second-order valence-electron chi connectivity index (χ2n) is 3.99. The van der Waals surface area contributed by atoms with E-state index in [-0.39, 0.29) is 18.5 Å². The maximum absolute atomic E-state index is 12.1. The minimum absolute atomic E-state index is 0.139. The van der Waals surface area contributed by atoms with Crippen LogP contribution in [0.3, 0.4) is 0 Å². The Morgan fingerprint density at radius 3 is 2.47 bits per heavy atom. The van der Waals surface area contributed by atoms with E-state index in [9.17, 15) is 9.59 Å². The summed E-state index contributed by atoms with van der Waals surface area (Å²) < 4.78 is 0.903. The molecule has 0 aliphatic carbocycles. The molecule has 1 amide bonds. The van der Waals surface area contributed by atoms with Gasteiger partial charge in [-0.2, -0.15) is 0 Å². The molecule has 0 saturated carbocycles. The number of hydrogen-bond acceptors (Lipinski definition) is 3. The van der Waals surface area contributed by atoms with Crippen LogP contribution in [-0.2, 0) is 4.79 Å². The summed E-state index contributed by atoms with van der Waals surface area (Å²) in [7, 11) is 0. The molecule has 0 radical (unpaired) electrons. The predicted molar refractivity (Wildman–Crippen MR) is 70.6 cm³/mol. The van der Waals surface area contributed by atoms with Gasteiger partial charge in [-0.15, -0.1) is 11.3 Å². The van der Waals surface area contributed by atoms with E-state index in [1.165, 1.54) is 16.2 Å². The molecule has 0 fully saturated rings. The molecule has 0 aliphatic heterocycles. The van der Waals surface area contributed by atoms with Crippen molar-refractivity contribution < 1.29 is 14.7 Å². The topological polar surface area (TPSA) is 57.6 Å². The number of nitrogens with zero attached hydrogens (tertiary/aromatic N) is 1. The minimum atomic E-state index is -1.00. The fourth-order valence-electron chi connectivity index (χ4n) is 1.34. The number of carbonyl (C=O) groups excluding carboxylic acids is 1. The molecule has 0 saturated heterocycles. The third-order valence-corrected chi connectivity index (χ3v) is 4.38. The fourth-order valence-corrected chi connectivity index (χ4v) is 2.83. The maximum Gasteiger partial charge on any atom is 0.323 e. The third-order valence-electron chi connectivity index (χ3n) is 2.26. The van der Waals surface area contributed by atoms with Gasteiger partial charge in [0.1, 0.15) is 6.54 Å². The van der Waals surface area contributed by atoms with Gasteiger partial charge >= 0.3 is 5.97 Å². The van der Waals surface area contributed by atoms with Crippen LogP contribution in [-0.4, -0.2) is 34.5 Å². The summed E-state index contributed by atoms with van der Waals surface area (Å²) in [4.78, 5) is 24.8. The normalized spacial score (nSPS) is 10.6. The van der Waals surface area contributed by atoms with Crippen molar-refractivity contribution in [2.75, 3.05) is 6.54 Å². The molecule has 94 valence electrons. The number of aryl methyl sites for hydroxylation is 1. The summed E-state index contributed by atoms with van der Waals surface area (Å²) in [5.74, 6) is -1.24. The van der Waals surface area contributed by atoms with Crippen LogP contribution in [0.1, 0.15) is 29.1 Å². The van der Waals surface area contributed by atoms with Gasteiger partial charge in [0.25, 0.3) is 5.91 Å². The Balaban J connectivity index is 2.95. The van der Waals surface area contributed by atoms with E-state index >= 15 is 0 Å². The quantitative estimate of drug-likeness (QED) is 0.928. The largest absolute Gasteiger partial charge is 0.480 e. The van der Waals surface area contributed by atoms with E-state index in [0.717, 1.165) is 9.35 Å². The molecule has 1 N–H and O–H groups in total. The molecule has 0 spiro atoms. The maximum atomic E-state index is 12.1. The zero-order valence-electron chi connectivity index (χ0n) is 9.86. The SMILES string of the molecule is Cc1cc(C(=O)N(CC(=O)O)C(C)C)sc1Br. The first-order chi connectivity index (χ1) is 7.82. The van der Waals surface area contributed by atoms with Gasteiger partial charge in [-0.25, -0.2) is 0 Å². The summed E-state index contributed by atoms with van der Waals surface area (Å²) in [6, 6.07) is 1.63. The zero-order valence-corrected chi connectivity index (χ0v) is 12.3. The van der Waals surface area contributed by atoms with E-state index in [1.54, 1.807) is 19.9 Å². The summed E-state index contributed by atoms with van der Waals surface area (Å²) in [5.41, 5.74) is 0.984. The molecule has 0 aromatic carbocycles. The highest BCUT2D eigenvalue weighted by atomic mass is 79.9. The molecule has 1 heterocycles. The van der Waals surface area contributed by atoms with Gasteiger partial charge in [0.05, 0.1) is 8.66 Å². The first kappa shape index (κ1) is 14.2. The van der Waals surface area contributed by atoms with Crippen molar-refractivity contribution in [1.82, 2.24) is 4.90 Å². The molecule has 0 aliphatic rings. The first-order valence-corrected chi connectivity index (χ1v) is 6.72. The van der Waals surface area contributed by atoms with Gasteiger partial charge < -0.3 is 10.0 Å². The Hall–Kier alpha value is -0.880. The van der Waals surface area contributed by atoms with Crippen molar-refractivity contribution in [1.29, 1.82) is 0 Å². The molecule has 6 heteroatoms. The summed E-state index contributed by atoms with van der Waals surface area (Å²) in [6.45, 7) is 5.23. The number of aliphatic carboxylic acids is 1. The highest BCUT2D eigenvalue weighted by molar-refractivity contribution is 9.11. The van der Waals surface area contributed by atoms with Crippen LogP contribution >= 0.6 is 27.3 Å². The third kappa shape index (κ3) is 3.54. The molecule has 1 aromatic heterocycles. The number of halogens is 1. The molecule has 1 aromatic rings. The van der Waals surface area contributed by atoms with Crippen LogP contribution in [0.2, 0.25) is 0 Å². The average molecular weight is 320 g/mol. The molecular weight excluding hydrogens is 306 g/mol. The van der Waals surface area contributed by atoms with E-state index in [2.05, 4.69) is 15.9 Å². The van der Waals surface area contributed by atoms with Crippen LogP contribution in [0.15, 0.2) is 9.85 Å². The monoisotopic (exact) mass is 319 g/mol. The molecule has 0 unspecified atom stereocenters. The van der Waals surface area contributed by atoms with Gasteiger partial charge in [-0.1, -0.05) is 0 Å². The minimum Gasteiger partial charge on any atom is -0.480 e. The number of carbonyl (C=O) groups is 2. The van der Waals surface area contributed by atoms with Crippen molar-refractivity contribution in [2.24, 2.45) is 0 Å². The Morgan fingerprint density at radius 1 is 1.53 bits per heavy atom. The van der Waals surface area contributed by atoms with E-state index < -0.39 is 5.97 Å². The molecular formula is C11H14BrNO3S. The van der Waals surface area contributed by atoms with Crippen molar-refractivity contribution in [2.45, 2.75) is 26.8 Å². The smallest absolute Gasteiger partial charge is 0.323 e. The van der Waals surface area contributed by atoms with Crippen molar-refractivity contribution in [3.05, 3.63) is 20.3 Å². The van der Waals surface area contributed by atoms with Crippen LogP contribution in [0.4, 0.5) is 0 Å². The van der Waals surface area contributed by atoms with Gasteiger partial charge in [0.2, 0.25) is 0 Å². The van der Waals surface area contributed by atoms with Crippen molar-refractivity contribution in [3.8, 4) is 0 Å². The lowest BCUT2D eigenvalue weighted by molar-refractivity contribution is -0.138. The van der Waals surface area contributed by atoms with Gasteiger partial charge in [0, 0.05) is 6.04 Å². The number of hydrogen-bond donors (Lipinski definition) is 1. The number of thiophene rings is 1. The lowest BCUT2D eigenvalue weighted by Crippen LogP contribution is -2.40. The first-order valence-electron chi connectivity index (χ1n) is 5.11. The highest BCUT2D eigenvalue weighted by Gasteiger charge is 2.23. The number of rotatable bonds is 4. The molecule has 4 nitrogen and oxygen atoms in total. The van der Waals surface area contributed by atoms with Crippen LogP contribution in [0.25, 0.3) is 0 Å². The van der Waals surface area contributed by atoms with E-state index in [4.69, 9.17) is 5.11 Å². The van der Waals surface area contributed by atoms with Crippen LogP contribution in [0, 0.1) is 6.92 Å². The molecule has 1 rings (SSSR count). The Kier molecular flexibility index (Phi) is 4.70. The average Bonchev–Trinajstić information content (AvgIpc) is 2.54. The van der Waals surface area contributed by atoms with Crippen molar-refractivity contribution in [3.63, 3.8) is 0 Å². The Morgan fingerprint density at radius 2 is 2.12 bits per heavy atom. The summed E-state index contributed by atoms with van der Waals surface area (Å²) >= 11 is 4.68. The molecule has 17 heavy (non-hydrogen) atoms. The highest BCUT2D eigenvalue weighted by Crippen LogP contribution is 2.28. The fraction of sp³-hybridized carbons (Fsp3) is 0.455.